The lowest BCUT2D eigenvalue weighted by Crippen LogP contribution is -2.56. The molecule has 5 rings (SSSR count). The molecule has 2 unspecified atom stereocenters. The van der Waals surface area contributed by atoms with Gasteiger partial charge in [-0.2, -0.15) is 0 Å². The van der Waals surface area contributed by atoms with E-state index in [1.54, 1.807) is 0 Å². The number of amidine groups is 1. The van der Waals surface area contributed by atoms with Crippen LogP contribution in [0, 0.1) is 17.8 Å². The molecule has 1 N–H and O–H groups in total. The van der Waals surface area contributed by atoms with Crippen LogP contribution in [0.2, 0.25) is 0 Å². The molecule has 2 saturated carbocycles. The second-order valence-corrected chi connectivity index (χ2v) is 12.8. The third-order valence-corrected chi connectivity index (χ3v) is 9.81. The quantitative estimate of drug-likeness (QED) is 0.238. The van der Waals surface area contributed by atoms with Crippen molar-refractivity contribution in [3.8, 4) is 0 Å². The van der Waals surface area contributed by atoms with Gasteiger partial charge < -0.3 is 5.32 Å². The monoisotopic (exact) mass is 468 g/mol. The largest absolute Gasteiger partial charge is 0.364 e. The lowest BCUT2D eigenvalue weighted by Gasteiger charge is -2.51. The van der Waals surface area contributed by atoms with E-state index in [4.69, 9.17) is 4.99 Å². The van der Waals surface area contributed by atoms with E-state index < -0.39 is 7.92 Å². The summed E-state index contributed by atoms with van der Waals surface area (Å²) in [4.78, 5) is 5.37. The minimum absolute atomic E-state index is 0.166. The zero-order valence-corrected chi connectivity index (χ0v) is 21.4. The lowest BCUT2D eigenvalue weighted by atomic mass is 9.61. The van der Waals surface area contributed by atoms with Gasteiger partial charge in [-0.3, -0.25) is 4.99 Å². The molecule has 3 aromatic rings. The van der Waals surface area contributed by atoms with Gasteiger partial charge in [-0.15, -0.1) is 0 Å². The summed E-state index contributed by atoms with van der Waals surface area (Å²) in [5.41, 5.74) is 2.63. The zero-order chi connectivity index (χ0) is 23.4. The van der Waals surface area contributed by atoms with Crippen molar-refractivity contribution in [3.63, 3.8) is 0 Å². The molecule has 34 heavy (non-hydrogen) atoms. The van der Waals surface area contributed by atoms with Gasteiger partial charge in [0.2, 0.25) is 0 Å². The minimum Gasteiger partial charge on any atom is -0.364 e. The van der Waals surface area contributed by atoms with E-state index in [-0.39, 0.29) is 5.54 Å². The van der Waals surface area contributed by atoms with E-state index in [9.17, 15) is 0 Å². The van der Waals surface area contributed by atoms with Crippen molar-refractivity contribution in [1.82, 2.24) is 5.32 Å². The van der Waals surface area contributed by atoms with Gasteiger partial charge in [0, 0.05) is 13.5 Å². The molecule has 3 aromatic carbocycles. The molecular formula is C31H37N2P. The Kier molecular flexibility index (Phi) is 7.16. The number of nitrogens with zero attached hydrogens (tertiary/aromatic N) is 1. The Morgan fingerprint density at radius 3 is 1.79 bits per heavy atom. The van der Waals surface area contributed by atoms with Gasteiger partial charge in [-0.05, 0) is 66.0 Å². The van der Waals surface area contributed by atoms with Gasteiger partial charge in [-0.1, -0.05) is 105 Å². The van der Waals surface area contributed by atoms with Crippen LogP contribution in [0.4, 0.5) is 0 Å². The first-order valence-corrected chi connectivity index (χ1v) is 14.2. The molecule has 0 aromatic heterocycles. The molecule has 2 nitrogen and oxygen atoms in total. The topological polar surface area (TPSA) is 24.4 Å². The highest BCUT2D eigenvalue weighted by Crippen LogP contribution is 2.48. The van der Waals surface area contributed by atoms with Gasteiger partial charge >= 0.3 is 0 Å². The maximum atomic E-state index is 5.37. The van der Waals surface area contributed by atoms with Gasteiger partial charge in [0.1, 0.15) is 5.58 Å². The summed E-state index contributed by atoms with van der Waals surface area (Å²) in [6, 6.07) is 32.7. The van der Waals surface area contributed by atoms with Crippen molar-refractivity contribution in [3.05, 3.63) is 96.6 Å². The fourth-order valence-corrected chi connectivity index (χ4v) is 8.85. The second-order valence-electron chi connectivity index (χ2n) is 10.7. The summed E-state index contributed by atoms with van der Waals surface area (Å²) in [7, 11) is -0.753. The summed E-state index contributed by atoms with van der Waals surface area (Å²) in [6.45, 7) is 5.62. The van der Waals surface area contributed by atoms with Crippen LogP contribution in [-0.2, 0) is 6.54 Å². The summed E-state index contributed by atoms with van der Waals surface area (Å²) >= 11 is 0. The Hall–Kier alpha value is -2.44. The van der Waals surface area contributed by atoms with E-state index in [2.05, 4.69) is 110 Å². The first kappa shape index (κ1) is 23.3. The molecule has 0 spiro atoms. The average molecular weight is 469 g/mol. The fraction of sp³-hybridized carbons (Fsp3) is 0.387. The van der Waals surface area contributed by atoms with Crippen molar-refractivity contribution < 1.29 is 0 Å². The van der Waals surface area contributed by atoms with Crippen LogP contribution in [0.1, 0.15) is 51.5 Å². The number of nitrogens with one attached hydrogen (secondary N) is 1. The standard InChI is InChI=1S/C31H37N2P/c1-24-18-27-19-25(2)21-31(20-24,22-27)33-30(32-23-26-12-6-3-7-13-26)34(28-14-8-4-9-15-28)29-16-10-5-11-17-29/h3-17,24-25,27H,18-23H2,1-2H3,(H,32,33). The Labute approximate surface area is 206 Å². The smallest absolute Gasteiger partial charge is 0.129 e. The highest BCUT2D eigenvalue weighted by atomic mass is 31.1. The fourth-order valence-electron chi connectivity index (χ4n) is 6.56. The van der Waals surface area contributed by atoms with Gasteiger partial charge in [-0.25, -0.2) is 0 Å². The van der Waals surface area contributed by atoms with E-state index in [1.807, 2.05) is 0 Å². The van der Waals surface area contributed by atoms with Crippen LogP contribution < -0.4 is 15.9 Å². The van der Waals surface area contributed by atoms with E-state index in [0.717, 1.165) is 17.8 Å². The Morgan fingerprint density at radius 2 is 1.26 bits per heavy atom. The highest BCUT2D eigenvalue weighted by Gasteiger charge is 2.45. The molecule has 0 radical (unpaired) electrons. The second kappa shape index (κ2) is 10.4. The molecule has 3 heteroatoms. The summed E-state index contributed by atoms with van der Waals surface area (Å²) in [5.74, 6) is 2.39. The predicted octanol–water partition coefficient (Wildman–Crippen LogP) is 6.87. The molecule has 2 aliphatic rings. The molecule has 2 fully saturated rings. The number of fused-ring (bicyclic) bond motifs is 2. The normalized spacial score (nSPS) is 26.9. The third-order valence-electron chi connectivity index (χ3n) is 7.50. The van der Waals surface area contributed by atoms with Gasteiger partial charge in [0.15, 0.2) is 0 Å². The van der Waals surface area contributed by atoms with E-state index in [0.29, 0.717) is 6.54 Å². The number of rotatable bonds is 6. The van der Waals surface area contributed by atoms with E-state index in [1.165, 1.54) is 53.9 Å². The lowest BCUT2D eigenvalue weighted by molar-refractivity contribution is 0.0700. The molecular weight excluding hydrogens is 431 g/mol. The molecule has 2 atom stereocenters. The van der Waals surface area contributed by atoms with Crippen LogP contribution >= 0.6 is 7.92 Å². The predicted molar refractivity (Wildman–Crippen MR) is 147 cm³/mol. The molecule has 0 saturated heterocycles. The molecule has 176 valence electrons. The average Bonchev–Trinajstić information content (AvgIpc) is 2.83. The minimum atomic E-state index is -0.753. The van der Waals surface area contributed by atoms with Crippen molar-refractivity contribution in [2.45, 2.75) is 58.0 Å². The first-order valence-electron chi connectivity index (χ1n) is 12.9. The van der Waals surface area contributed by atoms with Crippen molar-refractivity contribution in [2.24, 2.45) is 22.7 Å². The van der Waals surface area contributed by atoms with Gasteiger partial charge in [0.25, 0.3) is 0 Å². The first-order chi connectivity index (χ1) is 16.6. The summed E-state index contributed by atoms with van der Waals surface area (Å²) < 4.78 is 0. The zero-order valence-electron chi connectivity index (χ0n) is 20.5. The molecule has 0 heterocycles. The maximum absolute atomic E-state index is 5.37. The maximum Gasteiger partial charge on any atom is 0.129 e. The van der Waals surface area contributed by atoms with Crippen LogP contribution in [-0.4, -0.2) is 11.1 Å². The number of hydrogen-bond acceptors (Lipinski definition) is 1. The molecule has 0 amide bonds. The van der Waals surface area contributed by atoms with E-state index >= 15 is 0 Å². The summed E-state index contributed by atoms with van der Waals surface area (Å²) in [5, 5.41) is 6.94. The van der Waals surface area contributed by atoms with Crippen molar-refractivity contribution in [2.75, 3.05) is 0 Å². The summed E-state index contributed by atoms with van der Waals surface area (Å²) in [6.07, 6.45) is 6.57. The molecule has 2 bridgehead atoms. The molecule has 2 aliphatic carbocycles. The SMILES string of the molecule is CC1CC2CC(C)CC(NC(=NCc3ccccc3)P(c3ccccc3)c3ccccc3)(C1)C2. The van der Waals surface area contributed by atoms with Crippen LogP contribution in [0.15, 0.2) is 96.0 Å². The van der Waals surface area contributed by atoms with Gasteiger partial charge in [0.05, 0.1) is 6.54 Å². The molecule has 0 aliphatic heterocycles. The number of benzene rings is 3. The van der Waals surface area contributed by atoms with Crippen LogP contribution in [0.3, 0.4) is 0 Å². The van der Waals surface area contributed by atoms with Crippen molar-refractivity contribution >= 4 is 24.1 Å². The third kappa shape index (κ3) is 5.44. The van der Waals surface area contributed by atoms with Crippen LogP contribution in [0.5, 0.6) is 0 Å². The van der Waals surface area contributed by atoms with Crippen LogP contribution in [0.25, 0.3) is 0 Å². The Bertz CT molecular complexity index is 1020. The van der Waals surface area contributed by atoms with Crippen molar-refractivity contribution in [1.29, 1.82) is 0 Å². The Balaban J connectivity index is 1.57. The highest BCUT2D eigenvalue weighted by molar-refractivity contribution is 7.88. The number of aliphatic imine (C=N–C) groups is 1. The Morgan fingerprint density at radius 1 is 0.765 bits per heavy atom. The number of hydrogen-bond donors (Lipinski definition) is 1.